The second-order valence-corrected chi connectivity index (χ2v) is 8.38. The summed E-state index contributed by atoms with van der Waals surface area (Å²) >= 11 is 1.40. The van der Waals surface area contributed by atoms with Gasteiger partial charge in [-0.2, -0.15) is 0 Å². The van der Waals surface area contributed by atoms with Crippen molar-refractivity contribution >= 4 is 44.3 Å². The Kier molecular flexibility index (Phi) is 4.86. The fourth-order valence-corrected chi connectivity index (χ4v) is 5.25. The molecule has 0 aliphatic rings. The molecule has 2 aromatic carbocycles. The number of nitrogens with two attached hydrogens (primary N) is 1. The summed E-state index contributed by atoms with van der Waals surface area (Å²) in [4.78, 5) is 30.3. The summed E-state index contributed by atoms with van der Waals surface area (Å²) in [7, 11) is 1.93. The molecule has 2 N–H and O–H groups in total. The van der Waals surface area contributed by atoms with Gasteiger partial charge in [-0.05, 0) is 50.5 Å². The van der Waals surface area contributed by atoms with E-state index in [4.69, 9.17) is 15.5 Å². The van der Waals surface area contributed by atoms with Gasteiger partial charge in [-0.3, -0.25) is 4.79 Å². The fourth-order valence-electron chi connectivity index (χ4n) is 4.16. The Labute approximate surface area is 178 Å². The lowest BCUT2D eigenvalue weighted by Crippen LogP contribution is -2.16. The maximum absolute atomic E-state index is 12.8. The molecule has 0 saturated heterocycles. The summed E-state index contributed by atoms with van der Waals surface area (Å²) in [5, 5.41) is 0.950. The number of primary amides is 1. The maximum atomic E-state index is 12.8. The molecule has 154 valence electrons. The van der Waals surface area contributed by atoms with E-state index in [9.17, 15) is 9.59 Å². The highest BCUT2D eigenvalue weighted by atomic mass is 32.1. The first-order chi connectivity index (χ1) is 14.3. The first kappa shape index (κ1) is 20.1. The van der Waals surface area contributed by atoms with E-state index in [0.717, 1.165) is 43.4 Å². The number of hydrogen-bond donors (Lipinski definition) is 1. The average molecular weight is 422 g/mol. The van der Waals surface area contributed by atoms with Crippen molar-refractivity contribution in [3.63, 3.8) is 0 Å². The van der Waals surface area contributed by atoms with Gasteiger partial charge >= 0.3 is 5.97 Å². The summed E-state index contributed by atoms with van der Waals surface area (Å²) in [6.07, 6.45) is 0. The Hall–Kier alpha value is -3.19. The van der Waals surface area contributed by atoms with Crippen LogP contribution in [0.4, 0.5) is 0 Å². The molecule has 1 amide bonds. The third-order valence-corrected chi connectivity index (χ3v) is 6.80. The van der Waals surface area contributed by atoms with E-state index in [0.29, 0.717) is 22.9 Å². The third-order valence-electron chi connectivity index (χ3n) is 5.64. The Morgan fingerprint density at radius 3 is 2.50 bits per heavy atom. The number of benzene rings is 2. The predicted molar refractivity (Wildman–Crippen MR) is 120 cm³/mol. The second kappa shape index (κ2) is 7.25. The number of hydrogen-bond acceptors (Lipinski definition) is 5. The van der Waals surface area contributed by atoms with Gasteiger partial charge in [-0.15, -0.1) is 11.3 Å². The summed E-state index contributed by atoms with van der Waals surface area (Å²) in [6, 6.07) is 7.87. The zero-order chi connectivity index (χ0) is 21.7. The normalized spacial score (nSPS) is 11.4. The summed E-state index contributed by atoms with van der Waals surface area (Å²) < 4.78 is 8.31. The van der Waals surface area contributed by atoms with E-state index >= 15 is 0 Å². The van der Waals surface area contributed by atoms with Crippen molar-refractivity contribution in [3.05, 3.63) is 51.4 Å². The monoisotopic (exact) mass is 421 g/mol. The van der Waals surface area contributed by atoms with Gasteiger partial charge in [0.2, 0.25) is 5.91 Å². The van der Waals surface area contributed by atoms with Crippen LogP contribution >= 0.6 is 11.3 Å². The smallest absolute Gasteiger partial charge is 0.349 e. The van der Waals surface area contributed by atoms with Crippen molar-refractivity contribution < 1.29 is 14.3 Å². The molecule has 30 heavy (non-hydrogen) atoms. The highest BCUT2D eigenvalue weighted by molar-refractivity contribution is 7.21. The number of fused-ring (bicyclic) bond motifs is 2. The van der Waals surface area contributed by atoms with Crippen LogP contribution in [0.5, 0.6) is 0 Å². The molecule has 0 radical (unpaired) electrons. The van der Waals surface area contributed by atoms with E-state index in [1.165, 1.54) is 11.3 Å². The van der Waals surface area contributed by atoms with Crippen LogP contribution in [0.2, 0.25) is 0 Å². The molecule has 0 atom stereocenters. The van der Waals surface area contributed by atoms with Gasteiger partial charge in [-0.25, -0.2) is 9.78 Å². The SMILES string of the molecule is CCOC(=O)c1sc2ccccc2c1-c1nc2c(C)c(C(N)=O)c(C)c(C)c2n1C. The number of amides is 1. The number of aromatic nitrogens is 2. The van der Waals surface area contributed by atoms with Gasteiger partial charge in [0.1, 0.15) is 10.7 Å². The molecule has 6 nitrogen and oxygen atoms in total. The highest BCUT2D eigenvalue weighted by Crippen LogP contribution is 2.41. The largest absolute Gasteiger partial charge is 0.462 e. The lowest BCUT2D eigenvalue weighted by atomic mass is 9.96. The minimum absolute atomic E-state index is 0.300. The molecule has 0 spiro atoms. The van der Waals surface area contributed by atoms with Crippen LogP contribution in [0.15, 0.2) is 24.3 Å². The Morgan fingerprint density at radius 1 is 1.13 bits per heavy atom. The van der Waals surface area contributed by atoms with E-state index < -0.39 is 5.91 Å². The standard InChI is InChI=1S/C23H23N3O3S/c1-6-29-23(28)20-17(14-9-7-8-10-15(14)30-20)22-25-18-13(4)16(21(24)27)11(2)12(3)19(18)26(22)5/h7-10H,6H2,1-5H3,(H2,24,27). The molecule has 0 saturated carbocycles. The molecule has 0 aliphatic carbocycles. The van der Waals surface area contributed by atoms with Gasteiger partial charge in [0.15, 0.2) is 0 Å². The van der Waals surface area contributed by atoms with Crippen molar-refractivity contribution in [1.29, 1.82) is 0 Å². The van der Waals surface area contributed by atoms with Crippen molar-refractivity contribution in [1.82, 2.24) is 9.55 Å². The lowest BCUT2D eigenvalue weighted by molar-refractivity contribution is 0.0532. The Balaban J connectivity index is 2.12. The average Bonchev–Trinajstić information content (AvgIpc) is 3.24. The minimum atomic E-state index is -0.463. The number of carbonyl (C=O) groups excluding carboxylic acids is 2. The zero-order valence-electron chi connectivity index (χ0n) is 17.6. The Morgan fingerprint density at radius 2 is 1.83 bits per heavy atom. The van der Waals surface area contributed by atoms with E-state index in [1.807, 2.05) is 56.7 Å². The van der Waals surface area contributed by atoms with Crippen molar-refractivity contribution in [3.8, 4) is 11.4 Å². The van der Waals surface area contributed by atoms with E-state index in [-0.39, 0.29) is 5.97 Å². The number of imidazole rings is 1. The van der Waals surface area contributed by atoms with Gasteiger partial charge in [0.25, 0.3) is 0 Å². The molecular formula is C23H23N3O3S. The molecule has 4 rings (SSSR count). The first-order valence-corrected chi connectivity index (χ1v) is 10.5. The predicted octanol–water partition coefficient (Wildman–Crippen LogP) is 4.66. The molecule has 4 aromatic rings. The minimum Gasteiger partial charge on any atom is -0.462 e. The maximum Gasteiger partial charge on any atom is 0.349 e. The van der Waals surface area contributed by atoms with Gasteiger partial charge in [0.05, 0.1) is 23.2 Å². The molecular weight excluding hydrogens is 398 g/mol. The molecule has 2 aromatic heterocycles. The van der Waals surface area contributed by atoms with Gasteiger partial charge in [0, 0.05) is 22.7 Å². The number of ether oxygens (including phenoxy) is 1. The van der Waals surface area contributed by atoms with Crippen LogP contribution in [0.3, 0.4) is 0 Å². The molecule has 7 heteroatoms. The second-order valence-electron chi connectivity index (χ2n) is 7.33. The number of nitrogens with zero attached hydrogens (tertiary/aromatic N) is 2. The molecule has 2 heterocycles. The number of thiophene rings is 1. The zero-order valence-corrected chi connectivity index (χ0v) is 18.4. The molecule has 0 bridgehead atoms. The molecule has 0 aliphatic heterocycles. The molecule has 0 fully saturated rings. The third kappa shape index (κ3) is 2.81. The van der Waals surface area contributed by atoms with Crippen LogP contribution in [-0.4, -0.2) is 28.0 Å². The highest BCUT2D eigenvalue weighted by Gasteiger charge is 2.27. The number of rotatable bonds is 4. The van der Waals surface area contributed by atoms with Crippen LogP contribution in [0.1, 0.15) is 43.6 Å². The van der Waals surface area contributed by atoms with Crippen molar-refractivity contribution in [2.75, 3.05) is 6.61 Å². The van der Waals surface area contributed by atoms with Gasteiger partial charge < -0.3 is 15.0 Å². The van der Waals surface area contributed by atoms with E-state index in [2.05, 4.69) is 0 Å². The summed E-state index contributed by atoms with van der Waals surface area (Å²) in [6.45, 7) is 7.82. The molecule has 0 unspecified atom stereocenters. The van der Waals surface area contributed by atoms with Crippen LogP contribution in [0, 0.1) is 20.8 Å². The quantitative estimate of drug-likeness (QED) is 0.486. The Bertz CT molecular complexity index is 1350. The summed E-state index contributed by atoms with van der Waals surface area (Å²) in [5.41, 5.74) is 11.1. The first-order valence-electron chi connectivity index (χ1n) is 9.72. The van der Waals surface area contributed by atoms with Crippen LogP contribution < -0.4 is 5.73 Å². The van der Waals surface area contributed by atoms with E-state index in [1.54, 1.807) is 6.92 Å². The van der Waals surface area contributed by atoms with Crippen molar-refractivity contribution in [2.45, 2.75) is 27.7 Å². The lowest BCUT2D eigenvalue weighted by Gasteiger charge is -2.12. The van der Waals surface area contributed by atoms with Gasteiger partial charge in [-0.1, -0.05) is 18.2 Å². The van der Waals surface area contributed by atoms with Crippen LogP contribution in [-0.2, 0) is 11.8 Å². The fraction of sp³-hybridized carbons (Fsp3) is 0.261. The summed E-state index contributed by atoms with van der Waals surface area (Å²) in [5.74, 6) is -0.156. The topological polar surface area (TPSA) is 87.2 Å². The van der Waals surface area contributed by atoms with Crippen LogP contribution in [0.25, 0.3) is 32.5 Å². The number of carbonyl (C=O) groups is 2. The van der Waals surface area contributed by atoms with Crippen molar-refractivity contribution in [2.24, 2.45) is 12.8 Å². The number of esters is 1. The number of aryl methyl sites for hydroxylation is 3.